The van der Waals surface area contributed by atoms with Crippen LogP contribution in [-0.4, -0.2) is 26.8 Å². The second-order valence-electron chi connectivity index (χ2n) is 7.26. The van der Waals surface area contributed by atoms with Crippen LogP contribution in [0.1, 0.15) is 21.7 Å². The van der Waals surface area contributed by atoms with E-state index in [0.717, 1.165) is 11.3 Å². The molecule has 0 radical (unpaired) electrons. The summed E-state index contributed by atoms with van der Waals surface area (Å²) in [5, 5.41) is 5.80. The summed E-state index contributed by atoms with van der Waals surface area (Å²) < 4.78 is 5.39. The van der Waals surface area contributed by atoms with Gasteiger partial charge in [-0.2, -0.15) is 15.0 Å². The highest BCUT2D eigenvalue weighted by atomic mass is 16.5. The Bertz CT molecular complexity index is 1280. The molecule has 4 N–H and O–H groups in total. The molecule has 0 bridgehead atoms. The fraction of sp³-hybridized carbons (Fsp3) is 0.0800. The Hall–Kier alpha value is -4.79. The number of nitrogen functional groups attached to an aromatic ring is 1. The molecule has 170 valence electrons. The van der Waals surface area contributed by atoms with Crippen LogP contribution in [0.15, 0.2) is 84.9 Å². The van der Waals surface area contributed by atoms with Crippen molar-refractivity contribution in [3.63, 3.8) is 0 Å². The van der Waals surface area contributed by atoms with Crippen LogP contribution in [-0.2, 0) is 22.6 Å². The van der Waals surface area contributed by atoms with Crippen LogP contribution in [0.4, 0.5) is 23.3 Å². The number of nitrogens with two attached hydrogens (primary N) is 1. The molecule has 0 saturated heterocycles. The summed E-state index contributed by atoms with van der Waals surface area (Å²) in [6.45, 7) is -0.221. The Morgan fingerprint density at radius 3 is 2.26 bits per heavy atom. The molecule has 0 atom stereocenters. The quantitative estimate of drug-likeness (QED) is 0.343. The number of carbonyl (C=O) groups excluding carboxylic acids is 2. The summed E-state index contributed by atoms with van der Waals surface area (Å²) in [7, 11) is 0. The van der Waals surface area contributed by atoms with Gasteiger partial charge in [-0.15, -0.1) is 0 Å². The van der Waals surface area contributed by atoms with Crippen molar-refractivity contribution in [2.24, 2.45) is 0 Å². The summed E-state index contributed by atoms with van der Waals surface area (Å²) in [6, 6.07) is 25.3. The number of nitrogens with zero attached hydrogens (tertiary/aromatic N) is 3. The molecule has 0 unspecified atom stereocenters. The molecule has 0 aliphatic heterocycles. The van der Waals surface area contributed by atoms with Crippen molar-refractivity contribution in [1.82, 2.24) is 15.0 Å². The van der Waals surface area contributed by atoms with E-state index < -0.39 is 5.97 Å². The topological polar surface area (TPSA) is 132 Å². The van der Waals surface area contributed by atoms with Crippen LogP contribution >= 0.6 is 0 Å². The van der Waals surface area contributed by atoms with Gasteiger partial charge >= 0.3 is 5.97 Å². The number of carbonyl (C=O) groups is 2. The lowest BCUT2D eigenvalue weighted by Crippen LogP contribution is -2.18. The molecule has 9 heteroatoms. The maximum atomic E-state index is 12.7. The van der Waals surface area contributed by atoms with E-state index in [-0.39, 0.29) is 42.2 Å². The lowest BCUT2D eigenvalue weighted by atomic mass is 10.1. The maximum absolute atomic E-state index is 12.7. The number of nitrogens with one attached hydrogen (secondary N) is 2. The zero-order valence-electron chi connectivity index (χ0n) is 18.1. The Labute approximate surface area is 196 Å². The fourth-order valence-electron chi connectivity index (χ4n) is 3.16. The third-order valence-electron chi connectivity index (χ3n) is 4.69. The second-order valence-corrected chi connectivity index (χ2v) is 7.26. The van der Waals surface area contributed by atoms with Gasteiger partial charge in [0.2, 0.25) is 17.8 Å². The minimum Gasteiger partial charge on any atom is -0.454 e. The number of benzene rings is 3. The molecular formula is C25H22N6O3. The van der Waals surface area contributed by atoms with Crippen molar-refractivity contribution >= 4 is 35.1 Å². The number of ether oxygens (including phenoxy) is 1. The normalized spacial score (nSPS) is 10.4. The number of rotatable bonds is 8. The third-order valence-corrected chi connectivity index (χ3v) is 4.69. The van der Waals surface area contributed by atoms with Crippen molar-refractivity contribution in [2.45, 2.75) is 13.0 Å². The van der Waals surface area contributed by atoms with Crippen LogP contribution in [0.3, 0.4) is 0 Å². The summed E-state index contributed by atoms with van der Waals surface area (Å²) in [6.07, 6.45) is 0.186. The van der Waals surface area contributed by atoms with Gasteiger partial charge in [-0.3, -0.25) is 4.79 Å². The van der Waals surface area contributed by atoms with Crippen molar-refractivity contribution < 1.29 is 14.3 Å². The van der Waals surface area contributed by atoms with E-state index in [1.807, 2.05) is 60.7 Å². The first kappa shape index (κ1) is 22.4. The SMILES string of the molecule is Nc1nc(COC(=O)c2ccccc2NC(=O)Cc2ccccc2)nc(Nc2ccccc2)n1. The highest BCUT2D eigenvalue weighted by molar-refractivity contribution is 6.01. The first-order valence-corrected chi connectivity index (χ1v) is 10.5. The standard InChI is InChI=1S/C25H22N6O3/c26-24-29-21(30-25(31-24)27-18-11-5-2-6-12-18)16-34-23(33)19-13-7-8-14-20(19)28-22(32)15-17-9-3-1-4-10-17/h1-14H,15-16H2,(H,28,32)(H3,26,27,29,30,31). The summed E-state index contributed by atoms with van der Waals surface area (Å²) >= 11 is 0. The Morgan fingerprint density at radius 2 is 1.50 bits per heavy atom. The van der Waals surface area contributed by atoms with Gasteiger partial charge < -0.3 is 21.1 Å². The molecular weight excluding hydrogens is 432 g/mol. The zero-order valence-corrected chi connectivity index (χ0v) is 18.1. The smallest absolute Gasteiger partial charge is 0.340 e. The molecule has 4 aromatic rings. The first-order valence-electron chi connectivity index (χ1n) is 10.5. The van der Waals surface area contributed by atoms with E-state index in [2.05, 4.69) is 25.6 Å². The molecule has 9 nitrogen and oxygen atoms in total. The van der Waals surface area contributed by atoms with Crippen molar-refractivity contribution in [3.05, 3.63) is 102 Å². The number of hydrogen-bond donors (Lipinski definition) is 3. The molecule has 0 aliphatic rings. The molecule has 0 aliphatic carbocycles. The predicted octanol–water partition coefficient (Wildman–Crippen LogP) is 3.74. The van der Waals surface area contributed by atoms with E-state index >= 15 is 0 Å². The van der Waals surface area contributed by atoms with Crippen LogP contribution in [0, 0.1) is 0 Å². The van der Waals surface area contributed by atoms with Crippen LogP contribution in [0.25, 0.3) is 0 Å². The molecule has 3 aromatic carbocycles. The zero-order chi connectivity index (χ0) is 23.8. The molecule has 0 fully saturated rings. The largest absolute Gasteiger partial charge is 0.454 e. The predicted molar refractivity (Wildman–Crippen MR) is 128 cm³/mol. The van der Waals surface area contributed by atoms with E-state index in [1.54, 1.807) is 24.3 Å². The number of anilines is 4. The van der Waals surface area contributed by atoms with Crippen LogP contribution < -0.4 is 16.4 Å². The molecule has 1 heterocycles. The minimum atomic E-state index is -0.632. The van der Waals surface area contributed by atoms with E-state index in [0.29, 0.717) is 5.69 Å². The number of hydrogen-bond acceptors (Lipinski definition) is 8. The maximum Gasteiger partial charge on any atom is 0.340 e. The summed E-state index contributed by atoms with van der Waals surface area (Å²) in [5.74, 6) is -0.461. The molecule has 1 amide bonds. The average molecular weight is 454 g/mol. The lowest BCUT2D eigenvalue weighted by Gasteiger charge is -2.11. The van der Waals surface area contributed by atoms with Crippen molar-refractivity contribution in [1.29, 1.82) is 0 Å². The first-order chi connectivity index (χ1) is 16.6. The van der Waals surface area contributed by atoms with Gasteiger partial charge in [0.25, 0.3) is 0 Å². The summed E-state index contributed by atoms with van der Waals surface area (Å²) in [4.78, 5) is 37.5. The monoisotopic (exact) mass is 454 g/mol. The van der Waals surface area contributed by atoms with Gasteiger partial charge in [-0.1, -0.05) is 60.7 Å². The number of para-hydroxylation sites is 2. The average Bonchev–Trinajstić information content (AvgIpc) is 2.84. The van der Waals surface area contributed by atoms with Gasteiger partial charge in [-0.25, -0.2) is 4.79 Å². The van der Waals surface area contributed by atoms with Gasteiger partial charge in [0.1, 0.15) is 0 Å². The fourth-order valence-corrected chi connectivity index (χ4v) is 3.16. The molecule has 0 spiro atoms. The number of amides is 1. The Kier molecular flexibility index (Phi) is 7.04. The van der Waals surface area contributed by atoms with Gasteiger partial charge in [0.05, 0.1) is 17.7 Å². The lowest BCUT2D eigenvalue weighted by molar-refractivity contribution is -0.115. The molecule has 34 heavy (non-hydrogen) atoms. The number of esters is 1. The van der Waals surface area contributed by atoms with E-state index in [9.17, 15) is 9.59 Å². The second kappa shape index (κ2) is 10.7. The highest BCUT2D eigenvalue weighted by Gasteiger charge is 2.16. The van der Waals surface area contributed by atoms with Crippen molar-refractivity contribution in [3.8, 4) is 0 Å². The molecule has 4 rings (SSSR count). The minimum absolute atomic E-state index is 0.00643. The Morgan fingerprint density at radius 1 is 0.824 bits per heavy atom. The van der Waals surface area contributed by atoms with E-state index in [4.69, 9.17) is 10.5 Å². The van der Waals surface area contributed by atoms with Gasteiger partial charge in [0, 0.05) is 5.69 Å². The van der Waals surface area contributed by atoms with E-state index in [1.165, 1.54) is 0 Å². The molecule has 0 saturated carbocycles. The molecule has 1 aromatic heterocycles. The third kappa shape index (κ3) is 6.13. The van der Waals surface area contributed by atoms with Crippen LogP contribution in [0.2, 0.25) is 0 Å². The van der Waals surface area contributed by atoms with Crippen molar-refractivity contribution in [2.75, 3.05) is 16.4 Å². The Balaban J connectivity index is 1.41. The van der Waals surface area contributed by atoms with Gasteiger partial charge in [0.15, 0.2) is 12.4 Å². The summed E-state index contributed by atoms with van der Waals surface area (Å²) in [5.41, 5.74) is 8.00. The number of aromatic nitrogens is 3. The highest BCUT2D eigenvalue weighted by Crippen LogP contribution is 2.18. The van der Waals surface area contributed by atoms with Gasteiger partial charge in [-0.05, 0) is 29.8 Å². The van der Waals surface area contributed by atoms with Crippen LogP contribution in [0.5, 0.6) is 0 Å².